The van der Waals surface area contributed by atoms with E-state index in [1.807, 2.05) is 0 Å². The van der Waals surface area contributed by atoms with Crippen molar-refractivity contribution in [1.29, 1.82) is 0 Å². The first kappa shape index (κ1) is 20.0. The third-order valence-electron chi connectivity index (χ3n) is 4.30. The van der Waals surface area contributed by atoms with E-state index in [2.05, 4.69) is 29.4 Å². The van der Waals surface area contributed by atoms with E-state index in [0.717, 1.165) is 19.6 Å². The van der Waals surface area contributed by atoms with Crippen LogP contribution in [-0.2, 0) is 4.79 Å². The molecule has 2 heterocycles. The van der Waals surface area contributed by atoms with Crippen molar-refractivity contribution in [3.8, 4) is 0 Å². The first-order valence-electron chi connectivity index (χ1n) is 7.40. The second-order valence-electron chi connectivity index (χ2n) is 5.98. The van der Waals surface area contributed by atoms with Crippen LogP contribution in [0.3, 0.4) is 0 Å². The van der Waals surface area contributed by atoms with E-state index in [1.54, 1.807) is 0 Å². The van der Waals surface area contributed by atoms with Gasteiger partial charge in [0.1, 0.15) is 0 Å². The molecular formula is C14H29Cl2N3O. The molecule has 2 saturated heterocycles. The monoisotopic (exact) mass is 325 g/mol. The van der Waals surface area contributed by atoms with Crippen molar-refractivity contribution in [2.24, 2.45) is 11.8 Å². The largest absolute Gasteiger partial charge is 0.352 e. The highest BCUT2D eigenvalue weighted by molar-refractivity contribution is 5.85. The zero-order valence-electron chi connectivity index (χ0n) is 12.6. The van der Waals surface area contributed by atoms with Crippen molar-refractivity contribution in [2.75, 3.05) is 32.7 Å². The topological polar surface area (TPSA) is 44.4 Å². The second-order valence-corrected chi connectivity index (χ2v) is 5.98. The Morgan fingerprint density at radius 2 is 1.80 bits per heavy atom. The minimum atomic E-state index is 0. The summed E-state index contributed by atoms with van der Waals surface area (Å²) in [6.45, 7) is 9.56. The number of halogens is 2. The third-order valence-corrected chi connectivity index (χ3v) is 4.30. The Morgan fingerprint density at radius 3 is 2.30 bits per heavy atom. The summed E-state index contributed by atoms with van der Waals surface area (Å²) in [5.74, 6) is 0.910. The summed E-state index contributed by atoms with van der Waals surface area (Å²) in [6, 6.07) is 0.270. The molecule has 1 amide bonds. The fourth-order valence-electron chi connectivity index (χ4n) is 2.83. The smallest absolute Gasteiger partial charge is 0.223 e. The molecule has 0 spiro atoms. The summed E-state index contributed by atoms with van der Waals surface area (Å²) in [5, 5.41) is 6.40. The average molecular weight is 326 g/mol. The van der Waals surface area contributed by atoms with Crippen molar-refractivity contribution < 1.29 is 4.79 Å². The van der Waals surface area contributed by atoms with E-state index in [4.69, 9.17) is 0 Å². The first-order valence-corrected chi connectivity index (χ1v) is 7.40. The lowest BCUT2D eigenvalue weighted by atomic mass is 9.88. The van der Waals surface area contributed by atoms with Gasteiger partial charge >= 0.3 is 0 Å². The van der Waals surface area contributed by atoms with Crippen molar-refractivity contribution in [2.45, 2.75) is 39.2 Å². The number of nitrogens with one attached hydrogen (secondary N) is 2. The third kappa shape index (κ3) is 5.76. The Balaban J connectivity index is 0.00000180. The van der Waals surface area contributed by atoms with Crippen LogP contribution in [0, 0.1) is 11.8 Å². The normalized spacial score (nSPS) is 22.7. The van der Waals surface area contributed by atoms with Crippen LogP contribution in [-0.4, -0.2) is 49.6 Å². The van der Waals surface area contributed by atoms with Crippen molar-refractivity contribution in [1.82, 2.24) is 15.5 Å². The predicted octanol–water partition coefficient (Wildman–Crippen LogP) is 1.68. The Kier molecular flexibility index (Phi) is 9.81. The summed E-state index contributed by atoms with van der Waals surface area (Å²) < 4.78 is 0. The Bertz CT molecular complexity index is 282. The lowest BCUT2D eigenvalue weighted by Gasteiger charge is -2.33. The molecule has 2 aliphatic heterocycles. The number of rotatable bonds is 5. The molecule has 2 rings (SSSR count). The molecule has 2 unspecified atom stereocenters. The van der Waals surface area contributed by atoms with Gasteiger partial charge in [-0.25, -0.2) is 0 Å². The van der Waals surface area contributed by atoms with Gasteiger partial charge in [-0.3, -0.25) is 4.79 Å². The highest BCUT2D eigenvalue weighted by Gasteiger charge is 2.29. The minimum absolute atomic E-state index is 0. The van der Waals surface area contributed by atoms with Gasteiger partial charge in [0.25, 0.3) is 0 Å². The van der Waals surface area contributed by atoms with Crippen LogP contribution in [0.1, 0.15) is 33.1 Å². The highest BCUT2D eigenvalue weighted by atomic mass is 35.5. The van der Waals surface area contributed by atoms with Crippen LogP contribution in [0.5, 0.6) is 0 Å². The number of likely N-dealkylation sites (tertiary alicyclic amines) is 1. The molecule has 0 saturated carbocycles. The van der Waals surface area contributed by atoms with Gasteiger partial charge in [0.2, 0.25) is 5.91 Å². The molecule has 0 aliphatic carbocycles. The second kappa shape index (κ2) is 9.82. The molecule has 0 aromatic heterocycles. The molecule has 2 atom stereocenters. The summed E-state index contributed by atoms with van der Waals surface area (Å²) in [5.41, 5.74) is 0. The van der Waals surface area contributed by atoms with Gasteiger partial charge in [0.15, 0.2) is 0 Å². The Hall–Kier alpha value is -0.0300. The number of hydrogen-bond donors (Lipinski definition) is 2. The molecule has 20 heavy (non-hydrogen) atoms. The Morgan fingerprint density at radius 1 is 1.20 bits per heavy atom. The fraction of sp³-hybridized carbons (Fsp3) is 0.929. The van der Waals surface area contributed by atoms with Crippen molar-refractivity contribution in [3.05, 3.63) is 0 Å². The van der Waals surface area contributed by atoms with Gasteiger partial charge < -0.3 is 15.5 Å². The predicted molar refractivity (Wildman–Crippen MR) is 87.9 cm³/mol. The van der Waals surface area contributed by atoms with Crippen molar-refractivity contribution in [3.63, 3.8) is 0 Å². The number of amides is 1. The van der Waals surface area contributed by atoms with Gasteiger partial charge in [-0.15, -0.1) is 24.8 Å². The van der Waals surface area contributed by atoms with E-state index in [1.165, 1.54) is 32.4 Å². The lowest BCUT2D eigenvalue weighted by molar-refractivity contribution is -0.127. The quantitative estimate of drug-likeness (QED) is 0.808. The van der Waals surface area contributed by atoms with Crippen molar-refractivity contribution >= 4 is 30.7 Å². The van der Waals surface area contributed by atoms with Crippen LogP contribution in [0.2, 0.25) is 0 Å². The number of carbonyl (C=O) groups is 1. The zero-order chi connectivity index (χ0) is 13.0. The summed E-state index contributed by atoms with van der Waals surface area (Å²) in [6.07, 6.45) is 3.98. The van der Waals surface area contributed by atoms with Crippen LogP contribution in [0.4, 0.5) is 0 Å². The summed E-state index contributed by atoms with van der Waals surface area (Å²) >= 11 is 0. The van der Waals surface area contributed by atoms with Crippen LogP contribution in [0.15, 0.2) is 0 Å². The minimum Gasteiger partial charge on any atom is -0.352 e. The van der Waals surface area contributed by atoms with Crippen LogP contribution < -0.4 is 10.6 Å². The Labute approximate surface area is 135 Å². The molecule has 0 aromatic carbocycles. The molecule has 0 radical (unpaired) electrons. The van der Waals surface area contributed by atoms with Crippen LogP contribution in [0.25, 0.3) is 0 Å². The zero-order valence-corrected chi connectivity index (χ0v) is 14.2. The molecule has 0 bridgehead atoms. The summed E-state index contributed by atoms with van der Waals surface area (Å²) in [4.78, 5) is 14.5. The average Bonchev–Trinajstić information content (AvgIpc) is 2.27. The van der Waals surface area contributed by atoms with E-state index in [-0.39, 0.29) is 42.7 Å². The molecule has 2 aliphatic rings. The maximum absolute atomic E-state index is 12.1. The maximum atomic E-state index is 12.1. The van der Waals surface area contributed by atoms with Crippen LogP contribution >= 0.6 is 24.8 Å². The van der Waals surface area contributed by atoms with Gasteiger partial charge in [0, 0.05) is 18.5 Å². The van der Waals surface area contributed by atoms with Gasteiger partial charge in [-0.05, 0) is 51.9 Å². The van der Waals surface area contributed by atoms with E-state index < -0.39 is 0 Å². The fourth-order valence-corrected chi connectivity index (χ4v) is 2.83. The first-order chi connectivity index (χ1) is 8.66. The van der Waals surface area contributed by atoms with E-state index in [0.29, 0.717) is 5.92 Å². The lowest BCUT2D eigenvalue weighted by Crippen LogP contribution is -2.52. The molecule has 2 fully saturated rings. The molecular weight excluding hydrogens is 297 g/mol. The van der Waals surface area contributed by atoms with Gasteiger partial charge in [-0.1, -0.05) is 13.3 Å². The summed E-state index contributed by atoms with van der Waals surface area (Å²) in [7, 11) is 0. The SMILES string of the molecule is CC(CN1CCCCC1)NC(=O)C(C)C1CNC1.Cl.Cl. The molecule has 6 heteroatoms. The number of carbonyl (C=O) groups excluding carboxylic acids is 1. The number of nitrogens with zero attached hydrogens (tertiary/aromatic N) is 1. The highest BCUT2D eigenvalue weighted by Crippen LogP contribution is 2.16. The molecule has 4 nitrogen and oxygen atoms in total. The molecule has 0 aromatic rings. The van der Waals surface area contributed by atoms with Gasteiger partial charge in [0.05, 0.1) is 0 Å². The molecule has 120 valence electrons. The van der Waals surface area contributed by atoms with E-state index >= 15 is 0 Å². The maximum Gasteiger partial charge on any atom is 0.223 e. The number of piperidine rings is 1. The standard InChI is InChI=1S/C14H27N3O.2ClH/c1-11(10-17-6-4-3-5-7-17)16-14(18)12(2)13-8-15-9-13;;/h11-13,15H,3-10H2,1-2H3,(H,16,18);2*1H. The number of hydrogen-bond acceptors (Lipinski definition) is 3. The van der Waals surface area contributed by atoms with Gasteiger partial charge in [-0.2, -0.15) is 0 Å². The molecule has 2 N–H and O–H groups in total. The van der Waals surface area contributed by atoms with E-state index in [9.17, 15) is 4.79 Å².